The number of nitrogens with zero attached hydrogens (tertiary/aromatic N) is 1. The van der Waals surface area contributed by atoms with Crippen LogP contribution >= 0.6 is 22.9 Å². The molecule has 0 aliphatic heterocycles. The summed E-state index contributed by atoms with van der Waals surface area (Å²) >= 11 is 7.50. The van der Waals surface area contributed by atoms with Crippen molar-refractivity contribution in [3.8, 4) is 0 Å². The third kappa shape index (κ3) is 3.89. The summed E-state index contributed by atoms with van der Waals surface area (Å²) in [5.74, 6) is 0.501. The van der Waals surface area contributed by atoms with Crippen LogP contribution in [0.15, 0.2) is 29.8 Å². The van der Waals surface area contributed by atoms with Crippen molar-refractivity contribution in [1.29, 1.82) is 0 Å². The van der Waals surface area contributed by atoms with Crippen LogP contribution in [0.3, 0.4) is 0 Å². The number of hydrogen-bond acceptors (Lipinski definition) is 3. The van der Waals surface area contributed by atoms with Crippen LogP contribution in [-0.4, -0.2) is 4.98 Å². The van der Waals surface area contributed by atoms with E-state index in [0.717, 1.165) is 17.1 Å². The van der Waals surface area contributed by atoms with Crippen LogP contribution in [0.5, 0.6) is 0 Å². The van der Waals surface area contributed by atoms with Crippen LogP contribution in [0.2, 0.25) is 5.02 Å². The Morgan fingerprint density at radius 1 is 1.33 bits per heavy atom. The lowest BCUT2D eigenvalue weighted by Gasteiger charge is -2.22. The van der Waals surface area contributed by atoms with Crippen LogP contribution in [0.4, 0.5) is 19.0 Å². The van der Waals surface area contributed by atoms with E-state index >= 15 is 0 Å². The third-order valence-corrected chi connectivity index (χ3v) is 4.22. The molecule has 2 heterocycles. The van der Waals surface area contributed by atoms with Gasteiger partial charge >= 0.3 is 6.18 Å². The van der Waals surface area contributed by atoms with Crippen molar-refractivity contribution in [1.82, 2.24) is 4.98 Å². The monoisotopic (exact) mass is 334 g/mol. The number of alkyl halides is 3. The first kappa shape index (κ1) is 16.1. The van der Waals surface area contributed by atoms with E-state index in [0.29, 0.717) is 0 Å². The summed E-state index contributed by atoms with van der Waals surface area (Å²) in [4.78, 5) is 4.90. The lowest BCUT2D eigenvalue weighted by atomic mass is 10.0. The van der Waals surface area contributed by atoms with Crippen molar-refractivity contribution >= 4 is 28.8 Å². The summed E-state index contributed by atoms with van der Waals surface area (Å²) < 4.78 is 37.8. The first-order chi connectivity index (χ1) is 9.79. The van der Waals surface area contributed by atoms with Gasteiger partial charge < -0.3 is 5.32 Å². The summed E-state index contributed by atoms with van der Waals surface area (Å²) in [5, 5.41) is 5.05. The molecular weight excluding hydrogens is 321 g/mol. The van der Waals surface area contributed by atoms with E-state index in [4.69, 9.17) is 11.6 Å². The molecule has 2 aromatic rings. The van der Waals surface area contributed by atoms with Gasteiger partial charge in [-0.2, -0.15) is 13.2 Å². The van der Waals surface area contributed by atoms with E-state index < -0.39 is 11.7 Å². The molecular formula is C14H14ClF3N2S. The summed E-state index contributed by atoms with van der Waals surface area (Å²) in [6.45, 7) is 4.05. The van der Waals surface area contributed by atoms with Crippen molar-refractivity contribution in [3.63, 3.8) is 0 Å². The predicted octanol–water partition coefficient (Wildman–Crippen LogP) is 5.62. The van der Waals surface area contributed by atoms with Gasteiger partial charge in [-0.25, -0.2) is 4.98 Å². The summed E-state index contributed by atoms with van der Waals surface area (Å²) in [7, 11) is 0. The van der Waals surface area contributed by atoms with E-state index in [9.17, 15) is 13.2 Å². The van der Waals surface area contributed by atoms with Crippen molar-refractivity contribution in [2.24, 2.45) is 5.92 Å². The quantitative estimate of drug-likeness (QED) is 0.784. The molecule has 0 aliphatic rings. The molecule has 0 saturated carbocycles. The normalized spacial score (nSPS) is 13.5. The maximum atomic E-state index is 12.6. The molecule has 0 amide bonds. The van der Waals surface area contributed by atoms with Gasteiger partial charge in [0.25, 0.3) is 0 Å². The molecule has 0 aliphatic carbocycles. The van der Waals surface area contributed by atoms with Crippen molar-refractivity contribution < 1.29 is 13.2 Å². The topological polar surface area (TPSA) is 24.9 Å². The van der Waals surface area contributed by atoms with Crippen LogP contribution in [0.25, 0.3) is 0 Å². The SMILES string of the molecule is CC(C)C(Nc1ncc(C(F)(F)F)cc1Cl)c1cccs1. The highest BCUT2D eigenvalue weighted by Gasteiger charge is 2.32. The first-order valence-corrected chi connectivity index (χ1v) is 7.57. The summed E-state index contributed by atoms with van der Waals surface area (Å²) in [5.41, 5.74) is -0.852. The molecule has 0 bridgehead atoms. The second-order valence-corrected chi connectivity index (χ2v) is 6.32. The molecule has 0 fully saturated rings. The Kier molecular flexibility index (Phi) is 4.78. The minimum absolute atomic E-state index is 0.0352. The van der Waals surface area contributed by atoms with Gasteiger partial charge in [0.15, 0.2) is 0 Å². The van der Waals surface area contributed by atoms with Crippen LogP contribution in [0.1, 0.15) is 30.3 Å². The molecule has 0 saturated heterocycles. The van der Waals surface area contributed by atoms with Gasteiger partial charge in [-0.05, 0) is 23.4 Å². The minimum atomic E-state index is -4.44. The fourth-order valence-corrected chi connectivity index (χ4v) is 3.05. The molecule has 2 aromatic heterocycles. The van der Waals surface area contributed by atoms with E-state index in [1.807, 2.05) is 31.4 Å². The van der Waals surface area contributed by atoms with Crippen molar-refractivity contribution in [3.05, 3.63) is 45.2 Å². The molecule has 2 nitrogen and oxygen atoms in total. The molecule has 0 radical (unpaired) electrons. The zero-order valence-corrected chi connectivity index (χ0v) is 13.0. The molecule has 1 atom stereocenters. The molecule has 0 spiro atoms. The summed E-state index contributed by atoms with van der Waals surface area (Å²) in [6, 6.07) is 4.74. The Morgan fingerprint density at radius 3 is 2.52 bits per heavy atom. The Bertz CT molecular complexity index is 597. The zero-order valence-electron chi connectivity index (χ0n) is 11.4. The van der Waals surface area contributed by atoms with Gasteiger partial charge in [0.2, 0.25) is 0 Å². The summed E-state index contributed by atoms with van der Waals surface area (Å²) in [6.07, 6.45) is -3.65. The highest BCUT2D eigenvalue weighted by Crippen LogP contribution is 2.35. The molecule has 1 N–H and O–H groups in total. The number of nitrogens with one attached hydrogen (secondary N) is 1. The van der Waals surface area contributed by atoms with Gasteiger partial charge in [0, 0.05) is 11.1 Å². The average Bonchev–Trinajstić information content (AvgIpc) is 2.89. The second kappa shape index (κ2) is 6.23. The zero-order chi connectivity index (χ0) is 15.6. The fraction of sp³-hybridized carbons (Fsp3) is 0.357. The lowest BCUT2D eigenvalue weighted by molar-refractivity contribution is -0.137. The van der Waals surface area contributed by atoms with Crippen molar-refractivity contribution in [2.45, 2.75) is 26.1 Å². The number of halogens is 4. The van der Waals surface area contributed by atoms with Gasteiger partial charge in [0.1, 0.15) is 5.82 Å². The number of thiophene rings is 1. The van der Waals surface area contributed by atoms with Crippen LogP contribution in [-0.2, 0) is 6.18 Å². The first-order valence-electron chi connectivity index (χ1n) is 6.31. The molecule has 2 rings (SSSR count). The van der Waals surface area contributed by atoms with Crippen LogP contribution in [0, 0.1) is 5.92 Å². The Morgan fingerprint density at radius 2 is 2.05 bits per heavy atom. The molecule has 1 unspecified atom stereocenters. The highest BCUT2D eigenvalue weighted by atomic mass is 35.5. The van der Waals surface area contributed by atoms with E-state index in [1.165, 1.54) is 0 Å². The van der Waals surface area contributed by atoms with Gasteiger partial charge in [0.05, 0.1) is 16.6 Å². The molecule has 21 heavy (non-hydrogen) atoms. The number of pyridine rings is 1. The average molecular weight is 335 g/mol. The largest absolute Gasteiger partial charge is 0.417 e. The Labute approximate surface area is 130 Å². The minimum Gasteiger partial charge on any atom is -0.361 e. The van der Waals surface area contributed by atoms with E-state index in [2.05, 4.69) is 10.3 Å². The van der Waals surface area contributed by atoms with Crippen LogP contribution < -0.4 is 5.32 Å². The lowest BCUT2D eigenvalue weighted by Crippen LogP contribution is -2.17. The van der Waals surface area contributed by atoms with E-state index in [1.54, 1.807) is 11.3 Å². The van der Waals surface area contributed by atoms with Crippen molar-refractivity contribution in [2.75, 3.05) is 5.32 Å². The van der Waals surface area contributed by atoms with Gasteiger partial charge in [-0.15, -0.1) is 11.3 Å². The number of hydrogen-bond donors (Lipinski definition) is 1. The highest BCUT2D eigenvalue weighted by molar-refractivity contribution is 7.10. The van der Waals surface area contributed by atoms with E-state index in [-0.39, 0.29) is 22.8 Å². The molecule has 0 aromatic carbocycles. The standard InChI is InChI=1S/C14H14ClF3N2S/c1-8(2)12(11-4-3-5-21-11)20-13-10(15)6-9(7-19-13)14(16,17)18/h3-8,12H,1-2H3,(H,19,20). The molecule has 114 valence electrons. The molecule has 7 heteroatoms. The predicted molar refractivity (Wildman–Crippen MR) is 79.8 cm³/mol. The van der Waals surface area contributed by atoms with Gasteiger partial charge in [-0.3, -0.25) is 0 Å². The van der Waals surface area contributed by atoms with Gasteiger partial charge in [-0.1, -0.05) is 31.5 Å². The third-order valence-electron chi connectivity index (χ3n) is 2.98. The fourth-order valence-electron chi connectivity index (χ4n) is 1.88. The number of aromatic nitrogens is 1. The Hall–Kier alpha value is -1.27. The maximum Gasteiger partial charge on any atom is 0.417 e. The second-order valence-electron chi connectivity index (χ2n) is 4.93. The number of anilines is 1. The Balaban J connectivity index is 2.26. The maximum absolute atomic E-state index is 12.6. The smallest absolute Gasteiger partial charge is 0.361 e. The number of rotatable bonds is 4.